The molecule has 16 heteroatoms. The smallest absolute Gasteiger partial charge is 0.477 e. The molecule has 0 radical (unpaired) electrons. The van der Waals surface area contributed by atoms with Crippen molar-refractivity contribution in [3.8, 4) is 0 Å². The summed E-state index contributed by atoms with van der Waals surface area (Å²) in [4.78, 5) is 10.2. The van der Waals surface area contributed by atoms with Crippen LogP contribution in [0.5, 0.6) is 0 Å². The van der Waals surface area contributed by atoms with Gasteiger partial charge in [-0.1, -0.05) is 0 Å². The molecule has 0 heterocycles. The van der Waals surface area contributed by atoms with Gasteiger partial charge in [0.2, 0.25) is 0 Å². The summed E-state index contributed by atoms with van der Waals surface area (Å²) < 4.78 is 110. The van der Waals surface area contributed by atoms with Gasteiger partial charge in [0.15, 0.2) is 26.6 Å². The number of halogens is 6. The molecule has 0 aromatic rings. The number of hydrogen-bond acceptors (Lipinski definition) is 5. The van der Waals surface area contributed by atoms with Gasteiger partial charge in [-0.05, 0) is 6.92 Å². The van der Waals surface area contributed by atoms with Crippen LogP contribution in [0.1, 0.15) is 6.92 Å². The van der Waals surface area contributed by atoms with E-state index >= 15 is 0 Å². The third-order valence-electron chi connectivity index (χ3n) is 2.20. The Kier molecular flexibility index (Phi) is 8.20. The van der Waals surface area contributed by atoms with Crippen molar-refractivity contribution in [1.82, 2.24) is 0 Å². The van der Waals surface area contributed by atoms with Crippen molar-refractivity contribution in [2.45, 2.75) is 17.9 Å². The highest BCUT2D eigenvalue weighted by Crippen LogP contribution is 2.36. The Morgan fingerprint density at radius 2 is 1.25 bits per heavy atom. The lowest BCUT2D eigenvalue weighted by Gasteiger charge is -2.25. The first-order chi connectivity index (χ1) is 10.2. The number of nitrogens with zero attached hydrogens (tertiary/aromatic N) is 2. The van der Waals surface area contributed by atoms with E-state index in [4.69, 9.17) is 5.11 Å². The van der Waals surface area contributed by atoms with Crippen molar-refractivity contribution >= 4 is 26.0 Å². The van der Waals surface area contributed by atoms with Crippen molar-refractivity contribution in [1.29, 1.82) is 0 Å². The molecular weight excluding hydrogens is 398 g/mol. The third-order valence-corrected chi connectivity index (χ3v) is 4.94. The third kappa shape index (κ3) is 8.65. The minimum Gasteiger partial charge on any atom is -0.477 e. The zero-order chi connectivity index (χ0) is 20.2. The predicted octanol–water partition coefficient (Wildman–Crippen LogP) is 1.23. The molecule has 0 aromatic carbocycles. The first-order valence-electron chi connectivity index (χ1n) is 5.59. The number of carboxylic acid groups (broad SMARTS) is 1. The number of sulfonamides is 2. The van der Waals surface area contributed by atoms with Crippen LogP contribution < -0.4 is 0 Å². The SMILES string of the molecule is CC[N+](C)(C)CC(=O)O.O=S(=O)([N-]S(=O)(=O)C(F)(F)F)C(F)(F)F. The Labute approximate surface area is 133 Å². The van der Waals surface area contributed by atoms with Crippen LogP contribution in [0.4, 0.5) is 26.3 Å². The van der Waals surface area contributed by atoms with E-state index in [2.05, 4.69) is 0 Å². The van der Waals surface area contributed by atoms with Gasteiger partial charge >= 0.3 is 17.0 Å². The molecule has 8 nitrogen and oxygen atoms in total. The molecule has 0 aliphatic heterocycles. The van der Waals surface area contributed by atoms with Crippen molar-refractivity contribution in [2.24, 2.45) is 0 Å². The molecule has 0 rings (SSSR count). The zero-order valence-corrected chi connectivity index (χ0v) is 14.0. The van der Waals surface area contributed by atoms with Crippen LogP contribution in [-0.2, 0) is 24.8 Å². The molecule has 0 saturated carbocycles. The molecule has 24 heavy (non-hydrogen) atoms. The highest BCUT2D eigenvalue weighted by Gasteiger charge is 2.46. The number of carboxylic acids is 1. The summed E-state index contributed by atoms with van der Waals surface area (Å²) >= 11 is 0. The second-order valence-corrected chi connectivity index (χ2v) is 8.14. The zero-order valence-electron chi connectivity index (χ0n) is 12.4. The fourth-order valence-corrected chi connectivity index (χ4v) is 2.40. The van der Waals surface area contributed by atoms with E-state index < -0.39 is 37.0 Å². The van der Waals surface area contributed by atoms with Crippen LogP contribution in [0.2, 0.25) is 0 Å². The van der Waals surface area contributed by atoms with E-state index in [9.17, 15) is 48.0 Å². The van der Waals surface area contributed by atoms with E-state index in [-0.39, 0.29) is 6.54 Å². The maximum absolute atomic E-state index is 11.4. The fourth-order valence-electron chi connectivity index (χ4n) is 0.692. The lowest BCUT2D eigenvalue weighted by molar-refractivity contribution is -0.881. The normalized spacial score (nSPS) is 13.9. The van der Waals surface area contributed by atoms with Crippen LogP contribution in [0.3, 0.4) is 0 Å². The Balaban J connectivity index is 0. The second-order valence-electron chi connectivity index (χ2n) is 4.72. The number of aliphatic carboxylic acids is 1. The quantitative estimate of drug-likeness (QED) is 0.536. The number of rotatable bonds is 5. The molecular formula is C8H14F6N2O6S2. The fraction of sp³-hybridized carbons (Fsp3) is 0.875. The van der Waals surface area contributed by atoms with Gasteiger partial charge in [-0.15, -0.1) is 0 Å². The maximum Gasteiger partial charge on any atom is 0.480 e. The number of hydrogen-bond donors (Lipinski definition) is 1. The average molecular weight is 412 g/mol. The highest BCUT2D eigenvalue weighted by molar-refractivity contribution is 8.13. The topological polar surface area (TPSA) is 120 Å². The molecule has 0 unspecified atom stereocenters. The largest absolute Gasteiger partial charge is 0.480 e. The van der Waals surface area contributed by atoms with Crippen LogP contribution >= 0.6 is 0 Å². The summed E-state index contributed by atoms with van der Waals surface area (Å²) in [5.41, 5.74) is -12.4. The molecule has 146 valence electrons. The van der Waals surface area contributed by atoms with Crippen LogP contribution in [0.25, 0.3) is 4.13 Å². The first kappa shape index (κ1) is 25.1. The van der Waals surface area contributed by atoms with E-state index in [0.29, 0.717) is 4.48 Å². The summed E-state index contributed by atoms with van der Waals surface area (Å²) in [5.74, 6) is -0.734. The van der Waals surface area contributed by atoms with E-state index in [1.807, 2.05) is 21.0 Å². The minimum atomic E-state index is -6.72. The van der Waals surface area contributed by atoms with Gasteiger partial charge in [-0.2, -0.15) is 26.3 Å². The van der Waals surface area contributed by atoms with Gasteiger partial charge in [0.1, 0.15) is 0 Å². The van der Waals surface area contributed by atoms with Gasteiger partial charge < -0.3 is 13.7 Å². The first-order valence-corrected chi connectivity index (χ1v) is 8.47. The maximum atomic E-state index is 11.4. The summed E-state index contributed by atoms with van der Waals surface area (Å²) in [7, 11) is -9.65. The van der Waals surface area contributed by atoms with Gasteiger partial charge in [-0.25, -0.2) is 21.6 Å². The van der Waals surface area contributed by atoms with Crippen molar-refractivity contribution < 1.29 is 57.6 Å². The lowest BCUT2D eigenvalue weighted by Crippen LogP contribution is -2.43. The molecule has 0 aliphatic rings. The molecule has 0 fully saturated rings. The molecule has 0 bridgehead atoms. The van der Waals surface area contributed by atoms with Gasteiger partial charge in [-0.3, -0.25) is 0 Å². The summed E-state index contributed by atoms with van der Waals surface area (Å²) in [6.45, 7) is 3.03. The van der Waals surface area contributed by atoms with E-state index in [1.165, 1.54) is 0 Å². The van der Waals surface area contributed by atoms with Gasteiger partial charge in [0, 0.05) is 0 Å². The lowest BCUT2D eigenvalue weighted by atomic mass is 10.4. The number of carbonyl (C=O) groups is 1. The second kappa shape index (κ2) is 7.83. The standard InChI is InChI=1S/C6H13NO2.C2F6NO4S2/c1-4-7(2,3)5-6(8)9;3-1(4,5)14(10,11)9-15(12,13)2(6,7)8/h4-5H2,1-3H3;/q;-1/p+1. The monoisotopic (exact) mass is 412 g/mol. The number of quaternary nitrogens is 1. The molecule has 0 atom stereocenters. The van der Waals surface area contributed by atoms with Crippen molar-refractivity contribution in [3.63, 3.8) is 0 Å². The molecule has 0 aromatic heterocycles. The number of likely N-dealkylation sites (N-methyl/N-ethyl adjacent to an activating group) is 1. The summed E-state index contributed by atoms with van der Waals surface area (Å²) in [6, 6.07) is 0. The van der Waals surface area contributed by atoms with Crippen molar-refractivity contribution in [2.75, 3.05) is 27.2 Å². The van der Waals surface area contributed by atoms with E-state index in [1.54, 1.807) is 0 Å². The van der Waals surface area contributed by atoms with Crippen molar-refractivity contribution in [3.05, 3.63) is 4.13 Å². The van der Waals surface area contributed by atoms with Gasteiger partial charge in [0.25, 0.3) is 0 Å². The van der Waals surface area contributed by atoms with Gasteiger partial charge in [0.05, 0.1) is 20.6 Å². The molecule has 0 spiro atoms. The van der Waals surface area contributed by atoms with E-state index in [0.717, 1.165) is 10.7 Å². The summed E-state index contributed by atoms with van der Waals surface area (Å²) in [6.07, 6.45) is 0. The highest BCUT2D eigenvalue weighted by atomic mass is 32.3. The molecule has 1 N–H and O–H groups in total. The summed E-state index contributed by atoms with van der Waals surface area (Å²) in [5, 5.41) is 8.36. The van der Waals surface area contributed by atoms with Crippen LogP contribution in [0, 0.1) is 0 Å². The Hall–Kier alpha value is -1.13. The Bertz CT molecular complexity index is 595. The Morgan fingerprint density at radius 3 is 1.38 bits per heavy atom. The minimum absolute atomic E-state index is 0.205. The average Bonchev–Trinajstić information content (AvgIpc) is 2.23. The Morgan fingerprint density at radius 1 is 0.958 bits per heavy atom. The molecule has 0 aliphatic carbocycles. The molecule has 0 amide bonds. The predicted molar refractivity (Wildman–Crippen MR) is 68.5 cm³/mol. The molecule has 0 saturated heterocycles. The van der Waals surface area contributed by atoms with Crippen LogP contribution in [-0.4, -0.2) is 70.6 Å². The van der Waals surface area contributed by atoms with Crippen LogP contribution in [0.15, 0.2) is 0 Å². The number of alkyl halides is 6.